The third-order valence-corrected chi connectivity index (χ3v) is 7.75. The van der Waals surface area contributed by atoms with E-state index in [1.54, 1.807) is 31.2 Å². The van der Waals surface area contributed by atoms with E-state index in [0.29, 0.717) is 26.7 Å². The molecule has 2 unspecified atom stereocenters. The van der Waals surface area contributed by atoms with Crippen molar-refractivity contribution in [1.29, 1.82) is 0 Å². The van der Waals surface area contributed by atoms with Gasteiger partial charge in [0.25, 0.3) is 5.91 Å². The second-order valence-corrected chi connectivity index (χ2v) is 10.7. The molecule has 10 heteroatoms. The van der Waals surface area contributed by atoms with E-state index in [-0.39, 0.29) is 16.3 Å². The van der Waals surface area contributed by atoms with Crippen molar-refractivity contribution in [3.8, 4) is 0 Å². The fourth-order valence-electron chi connectivity index (χ4n) is 4.35. The predicted octanol–water partition coefficient (Wildman–Crippen LogP) is 7.04. The maximum absolute atomic E-state index is 13.4. The number of primary amides is 1. The van der Waals surface area contributed by atoms with Crippen molar-refractivity contribution in [3.63, 3.8) is 0 Å². The largest absolute Gasteiger partial charge is 0.369 e. The van der Waals surface area contributed by atoms with Gasteiger partial charge >= 0.3 is 0 Å². The fourth-order valence-corrected chi connectivity index (χ4v) is 6.15. The maximum atomic E-state index is 13.4. The SMILES string of the molecule is Cc1cc(F)ccc1C(=O)Nc1cc(C2(C(N)=O)C(c3cc(Cl)cc(Cl)c3)C2(Cl)Cl)ccc1Cl. The van der Waals surface area contributed by atoms with Crippen LogP contribution in [0.25, 0.3) is 0 Å². The molecule has 0 bridgehead atoms. The van der Waals surface area contributed by atoms with Crippen LogP contribution in [0.5, 0.6) is 0 Å². The van der Waals surface area contributed by atoms with Crippen molar-refractivity contribution in [2.45, 2.75) is 22.6 Å². The monoisotopic (exact) mass is 558 g/mol. The number of hydrogen-bond donors (Lipinski definition) is 2. The highest BCUT2D eigenvalue weighted by Gasteiger charge is 2.80. The Balaban J connectivity index is 1.76. The number of alkyl halides is 2. The molecule has 1 saturated carbocycles. The summed E-state index contributed by atoms with van der Waals surface area (Å²) in [6.07, 6.45) is 0. The number of halogens is 6. The number of rotatable bonds is 5. The van der Waals surface area contributed by atoms with Gasteiger partial charge in [0.05, 0.1) is 10.7 Å². The van der Waals surface area contributed by atoms with Gasteiger partial charge in [-0.3, -0.25) is 9.59 Å². The van der Waals surface area contributed by atoms with Crippen molar-refractivity contribution >= 4 is 75.5 Å². The maximum Gasteiger partial charge on any atom is 0.255 e. The minimum atomic E-state index is -1.62. The molecule has 4 rings (SSSR count). The molecule has 0 radical (unpaired) electrons. The fraction of sp³-hybridized carbons (Fsp3) is 0.167. The van der Waals surface area contributed by atoms with Crippen molar-refractivity contribution in [3.05, 3.63) is 97.7 Å². The molecule has 0 spiro atoms. The van der Waals surface area contributed by atoms with Gasteiger partial charge in [0, 0.05) is 21.5 Å². The van der Waals surface area contributed by atoms with Gasteiger partial charge in [-0.2, -0.15) is 0 Å². The Kier molecular flexibility index (Phi) is 6.56. The average molecular weight is 561 g/mol. The topological polar surface area (TPSA) is 72.2 Å². The number of hydrogen-bond acceptors (Lipinski definition) is 2. The molecule has 1 aliphatic carbocycles. The van der Waals surface area contributed by atoms with E-state index >= 15 is 0 Å². The van der Waals surface area contributed by atoms with Crippen LogP contribution in [0, 0.1) is 12.7 Å². The first-order valence-corrected chi connectivity index (χ1v) is 11.8. The first kappa shape index (κ1) is 25.1. The molecular formula is C24H16Cl5FN2O2. The highest BCUT2D eigenvalue weighted by Crippen LogP contribution is 2.74. The summed E-state index contributed by atoms with van der Waals surface area (Å²) in [7, 11) is 0. The zero-order valence-electron chi connectivity index (χ0n) is 17.4. The molecule has 4 nitrogen and oxygen atoms in total. The third kappa shape index (κ3) is 4.04. The second kappa shape index (κ2) is 8.89. The number of amides is 2. The molecule has 176 valence electrons. The number of nitrogens with one attached hydrogen (secondary N) is 1. The van der Waals surface area contributed by atoms with Crippen molar-refractivity contribution in [2.24, 2.45) is 5.73 Å². The second-order valence-electron chi connectivity index (χ2n) is 8.04. The lowest BCUT2D eigenvalue weighted by atomic mass is 9.89. The smallest absolute Gasteiger partial charge is 0.255 e. The van der Waals surface area contributed by atoms with Gasteiger partial charge in [-0.15, -0.1) is 0 Å². The summed E-state index contributed by atoms with van der Waals surface area (Å²) in [6, 6.07) is 13.1. The lowest BCUT2D eigenvalue weighted by Gasteiger charge is -2.18. The van der Waals surface area contributed by atoms with Crippen LogP contribution in [-0.4, -0.2) is 16.1 Å². The van der Waals surface area contributed by atoms with Gasteiger partial charge < -0.3 is 11.1 Å². The van der Waals surface area contributed by atoms with Crippen LogP contribution in [0.3, 0.4) is 0 Å². The lowest BCUT2D eigenvalue weighted by Crippen LogP contribution is -2.34. The quantitative estimate of drug-likeness (QED) is 0.329. The van der Waals surface area contributed by atoms with E-state index in [1.807, 2.05) is 0 Å². The molecule has 1 aliphatic rings. The summed E-state index contributed by atoms with van der Waals surface area (Å²) in [5.74, 6) is -2.51. The minimum absolute atomic E-state index is 0.201. The molecule has 3 aromatic rings. The standard InChI is InChI=1S/C24H16Cl5FN2O2/c1-11-6-16(30)3-4-17(11)21(33)32-19-9-13(2-5-18(19)27)23(22(31)34)20(24(23,28)29)12-7-14(25)10-15(26)8-12/h2-10,20H,1H3,(H2,31,34)(H,32,33). The Labute approximate surface area is 220 Å². The molecule has 0 aliphatic heterocycles. The molecule has 34 heavy (non-hydrogen) atoms. The molecule has 3 aromatic carbocycles. The van der Waals surface area contributed by atoms with Gasteiger partial charge in [-0.25, -0.2) is 4.39 Å². The third-order valence-electron chi connectivity index (χ3n) is 5.95. The summed E-state index contributed by atoms with van der Waals surface area (Å²) >= 11 is 31.9. The predicted molar refractivity (Wildman–Crippen MR) is 135 cm³/mol. The van der Waals surface area contributed by atoms with Gasteiger partial charge in [0.2, 0.25) is 5.91 Å². The highest BCUT2D eigenvalue weighted by atomic mass is 35.5. The molecule has 0 heterocycles. The van der Waals surface area contributed by atoms with E-state index in [1.165, 1.54) is 30.3 Å². The van der Waals surface area contributed by atoms with Gasteiger partial charge in [-0.1, -0.05) is 64.1 Å². The first-order chi connectivity index (χ1) is 15.9. The Bertz CT molecular complexity index is 1330. The van der Waals surface area contributed by atoms with Crippen LogP contribution in [0.2, 0.25) is 15.1 Å². The van der Waals surface area contributed by atoms with E-state index < -0.39 is 33.3 Å². The van der Waals surface area contributed by atoms with Crippen molar-refractivity contribution in [2.75, 3.05) is 5.32 Å². The molecule has 2 amide bonds. The minimum Gasteiger partial charge on any atom is -0.369 e. The summed E-state index contributed by atoms with van der Waals surface area (Å²) in [5, 5.41) is 3.58. The molecule has 3 N–H and O–H groups in total. The Morgan fingerprint density at radius 2 is 1.62 bits per heavy atom. The summed E-state index contributed by atoms with van der Waals surface area (Å²) in [4.78, 5) is 25.6. The van der Waals surface area contributed by atoms with Crippen LogP contribution in [0.15, 0.2) is 54.6 Å². The number of anilines is 1. The summed E-state index contributed by atoms with van der Waals surface area (Å²) in [6.45, 7) is 1.61. The van der Waals surface area contributed by atoms with Crippen LogP contribution < -0.4 is 11.1 Å². The normalized spacial score (nSPS) is 20.6. The average Bonchev–Trinajstić information content (AvgIpc) is 3.26. The Morgan fingerprint density at radius 3 is 2.21 bits per heavy atom. The summed E-state index contributed by atoms with van der Waals surface area (Å²) < 4.78 is 11.8. The molecule has 0 aromatic heterocycles. The van der Waals surface area contributed by atoms with Gasteiger partial charge in [0.15, 0.2) is 0 Å². The van der Waals surface area contributed by atoms with Crippen LogP contribution in [-0.2, 0) is 10.2 Å². The van der Waals surface area contributed by atoms with E-state index in [4.69, 9.17) is 63.7 Å². The molecule has 0 saturated heterocycles. The van der Waals surface area contributed by atoms with E-state index in [0.717, 1.165) is 0 Å². The zero-order chi connectivity index (χ0) is 25.0. The Morgan fingerprint density at radius 1 is 0.971 bits per heavy atom. The Hall–Kier alpha value is -2.02. The molecule has 1 fully saturated rings. The van der Waals surface area contributed by atoms with E-state index in [9.17, 15) is 14.0 Å². The lowest BCUT2D eigenvalue weighted by molar-refractivity contribution is -0.120. The van der Waals surface area contributed by atoms with Gasteiger partial charge in [-0.05, 0) is 72.1 Å². The van der Waals surface area contributed by atoms with Crippen LogP contribution >= 0.6 is 58.0 Å². The molecular weight excluding hydrogens is 545 g/mol. The van der Waals surface area contributed by atoms with Gasteiger partial charge in [0.1, 0.15) is 15.6 Å². The van der Waals surface area contributed by atoms with Crippen LogP contribution in [0.4, 0.5) is 10.1 Å². The number of aryl methyl sites for hydroxylation is 1. The van der Waals surface area contributed by atoms with Crippen molar-refractivity contribution in [1.82, 2.24) is 0 Å². The van der Waals surface area contributed by atoms with Crippen LogP contribution in [0.1, 0.15) is 33.0 Å². The van der Waals surface area contributed by atoms with Crippen molar-refractivity contribution < 1.29 is 14.0 Å². The molecule has 2 atom stereocenters. The number of nitrogens with two attached hydrogens (primary N) is 1. The number of carbonyl (C=O) groups is 2. The number of carbonyl (C=O) groups excluding carboxylic acids is 2. The number of benzene rings is 3. The highest BCUT2D eigenvalue weighted by molar-refractivity contribution is 6.55. The summed E-state index contributed by atoms with van der Waals surface area (Å²) in [5.41, 5.74) is 6.07. The zero-order valence-corrected chi connectivity index (χ0v) is 21.2. The van der Waals surface area contributed by atoms with E-state index in [2.05, 4.69) is 5.32 Å². The first-order valence-electron chi connectivity index (χ1n) is 9.90.